The van der Waals surface area contributed by atoms with Crippen LogP contribution in [0.15, 0.2) is 60.7 Å². The molecule has 0 bridgehead atoms. The van der Waals surface area contributed by atoms with E-state index in [0.717, 1.165) is 35.6 Å². The van der Waals surface area contributed by atoms with Crippen LogP contribution >= 0.6 is 0 Å². The van der Waals surface area contributed by atoms with E-state index < -0.39 is 0 Å². The number of hydrogen-bond donors (Lipinski definition) is 4. The summed E-state index contributed by atoms with van der Waals surface area (Å²) in [6, 6.07) is 20.9. The molecule has 0 aliphatic heterocycles. The van der Waals surface area contributed by atoms with Crippen molar-refractivity contribution >= 4 is 34.1 Å². The summed E-state index contributed by atoms with van der Waals surface area (Å²) in [6.07, 6.45) is 7.08. The molecule has 4 heteroatoms. The number of benzene rings is 3. The molecule has 0 spiro atoms. The molecule has 30 heavy (non-hydrogen) atoms. The SMILES string of the molecule is CCCCc1ccc(Nc2cc(Nc3ccc(CCCC)cc3)c(N)cc2N)cc1. The molecule has 3 rings (SSSR count). The molecule has 0 fully saturated rings. The Morgan fingerprint density at radius 3 is 1.37 bits per heavy atom. The maximum Gasteiger partial charge on any atom is 0.0640 e. The predicted octanol–water partition coefficient (Wildman–Crippen LogP) is 7.02. The van der Waals surface area contributed by atoms with Gasteiger partial charge in [0.2, 0.25) is 0 Å². The van der Waals surface area contributed by atoms with Gasteiger partial charge >= 0.3 is 0 Å². The van der Waals surface area contributed by atoms with Crippen molar-refractivity contribution in [2.24, 2.45) is 0 Å². The first-order chi connectivity index (χ1) is 14.6. The van der Waals surface area contributed by atoms with Crippen LogP contribution in [0.5, 0.6) is 0 Å². The molecule has 158 valence electrons. The molecule has 0 aliphatic carbocycles. The highest BCUT2D eigenvalue weighted by Crippen LogP contribution is 2.33. The van der Waals surface area contributed by atoms with Gasteiger partial charge in [-0.1, -0.05) is 51.0 Å². The van der Waals surface area contributed by atoms with Crippen molar-refractivity contribution in [3.63, 3.8) is 0 Å². The fourth-order valence-corrected chi connectivity index (χ4v) is 3.43. The topological polar surface area (TPSA) is 76.1 Å². The lowest BCUT2D eigenvalue weighted by molar-refractivity contribution is 0.795. The van der Waals surface area contributed by atoms with Gasteiger partial charge in [-0.25, -0.2) is 0 Å². The molecule has 4 nitrogen and oxygen atoms in total. The summed E-state index contributed by atoms with van der Waals surface area (Å²) in [5.41, 5.74) is 20.1. The Labute approximate surface area is 180 Å². The van der Waals surface area contributed by atoms with Crippen LogP contribution in [0.2, 0.25) is 0 Å². The van der Waals surface area contributed by atoms with Crippen molar-refractivity contribution in [2.45, 2.75) is 52.4 Å². The second kappa shape index (κ2) is 10.6. The highest BCUT2D eigenvalue weighted by molar-refractivity contribution is 5.85. The van der Waals surface area contributed by atoms with Crippen molar-refractivity contribution in [2.75, 3.05) is 22.1 Å². The van der Waals surface area contributed by atoms with Gasteiger partial charge in [-0.15, -0.1) is 0 Å². The Kier molecular flexibility index (Phi) is 7.61. The molecule has 6 N–H and O–H groups in total. The highest BCUT2D eigenvalue weighted by Gasteiger charge is 2.08. The number of hydrogen-bond acceptors (Lipinski definition) is 4. The average molecular weight is 403 g/mol. The lowest BCUT2D eigenvalue weighted by Crippen LogP contribution is -2.02. The standard InChI is InChI=1S/C26H34N4/c1-3-5-7-19-9-13-21(14-10-19)29-25-18-26(24(28)17-23(25)27)30-22-15-11-20(12-16-22)8-6-4-2/h9-18,29-30H,3-8,27-28H2,1-2H3. The average Bonchev–Trinajstić information content (AvgIpc) is 2.76. The lowest BCUT2D eigenvalue weighted by atomic mass is 10.1. The first-order valence-corrected chi connectivity index (χ1v) is 11.0. The van der Waals surface area contributed by atoms with E-state index in [1.165, 1.54) is 36.8 Å². The van der Waals surface area contributed by atoms with Gasteiger partial charge in [0.25, 0.3) is 0 Å². The summed E-state index contributed by atoms with van der Waals surface area (Å²) in [7, 11) is 0. The minimum atomic E-state index is 0.628. The fraction of sp³-hybridized carbons (Fsp3) is 0.308. The van der Waals surface area contributed by atoms with Gasteiger partial charge in [-0.2, -0.15) is 0 Å². The molecule has 0 radical (unpaired) electrons. The Balaban J connectivity index is 1.72. The van der Waals surface area contributed by atoms with Crippen LogP contribution in [0.4, 0.5) is 34.1 Å². The second-order valence-corrected chi connectivity index (χ2v) is 7.88. The molecule has 0 unspecified atom stereocenters. The number of unbranched alkanes of at least 4 members (excludes halogenated alkanes) is 2. The monoisotopic (exact) mass is 402 g/mol. The van der Waals surface area contributed by atoms with Crippen LogP contribution in [-0.4, -0.2) is 0 Å². The summed E-state index contributed by atoms with van der Waals surface area (Å²) < 4.78 is 0. The van der Waals surface area contributed by atoms with Crippen molar-refractivity contribution in [3.05, 3.63) is 71.8 Å². The normalized spacial score (nSPS) is 10.7. The van der Waals surface area contributed by atoms with Crippen LogP contribution < -0.4 is 22.1 Å². The first-order valence-electron chi connectivity index (χ1n) is 11.0. The molecule has 0 aromatic heterocycles. The minimum Gasteiger partial charge on any atom is -0.397 e. The molecular formula is C26H34N4. The molecule has 0 atom stereocenters. The van der Waals surface area contributed by atoms with Crippen LogP contribution in [0.1, 0.15) is 50.7 Å². The van der Waals surface area contributed by atoms with Crippen LogP contribution in [-0.2, 0) is 12.8 Å². The van der Waals surface area contributed by atoms with E-state index in [1.54, 1.807) is 6.07 Å². The van der Waals surface area contributed by atoms with Gasteiger partial charge in [0.05, 0.1) is 22.7 Å². The van der Waals surface area contributed by atoms with Crippen molar-refractivity contribution in [3.8, 4) is 0 Å². The molecule has 0 heterocycles. The maximum absolute atomic E-state index is 6.22. The van der Waals surface area contributed by atoms with Gasteiger partial charge in [0.1, 0.15) is 0 Å². The van der Waals surface area contributed by atoms with Gasteiger partial charge in [-0.3, -0.25) is 0 Å². The Morgan fingerprint density at radius 1 is 0.600 bits per heavy atom. The quantitative estimate of drug-likeness (QED) is 0.275. The lowest BCUT2D eigenvalue weighted by Gasteiger charge is -2.16. The van der Waals surface area contributed by atoms with Crippen molar-refractivity contribution < 1.29 is 0 Å². The van der Waals surface area contributed by atoms with E-state index in [2.05, 4.69) is 73.0 Å². The number of aryl methyl sites for hydroxylation is 2. The molecule has 0 amide bonds. The van der Waals surface area contributed by atoms with E-state index in [0.29, 0.717) is 11.4 Å². The number of anilines is 6. The summed E-state index contributed by atoms with van der Waals surface area (Å²) in [5, 5.41) is 6.84. The van der Waals surface area contributed by atoms with Crippen molar-refractivity contribution in [1.29, 1.82) is 0 Å². The largest absolute Gasteiger partial charge is 0.397 e. The smallest absolute Gasteiger partial charge is 0.0640 e. The van der Waals surface area contributed by atoms with E-state index in [9.17, 15) is 0 Å². The molecule has 0 aliphatic rings. The fourth-order valence-electron chi connectivity index (χ4n) is 3.43. The first kappa shape index (κ1) is 21.6. The van der Waals surface area contributed by atoms with Gasteiger partial charge in [0, 0.05) is 11.4 Å². The Bertz CT molecular complexity index is 856. The Hall–Kier alpha value is -3.14. The molecule has 0 saturated heterocycles. The third kappa shape index (κ3) is 5.93. The van der Waals surface area contributed by atoms with Gasteiger partial charge in [0.15, 0.2) is 0 Å². The zero-order valence-electron chi connectivity index (χ0n) is 18.2. The van der Waals surface area contributed by atoms with Crippen molar-refractivity contribution in [1.82, 2.24) is 0 Å². The Morgan fingerprint density at radius 2 is 1.00 bits per heavy atom. The molecule has 0 saturated carbocycles. The molecular weight excluding hydrogens is 368 g/mol. The summed E-state index contributed by atoms with van der Waals surface area (Å²) in [4.78, 5) is 0. The molecule has 3 aromatic carbocycles. The third-order valence-electron chi connectivity index (χ3n) is 5.33. The second-order valence-electron chi connectivity index (χ2n) is 7.88. The number of nitrogens with two attached hydrogens (primary N) is 2. The van der Waals surface area contributed by atoms with E-state index >= 15 is 0 Å². The minimum absolute atomic E-state index is 0.628. The van der Waals surface area contributed by atoms with Crippen LogP contribution in [0.3, 0.4) is 0 Å². The van der Waals surface area contributed by atoms with E-state index in [4.69, 9.17) is 11.5 Å². The number of rotatable bonds is 10. The van der Waals surface area contributed by atoms with E-state index in [-0.39, 0.29) is 0 Å². The van der Waals surface area contributed by atoms with Crippen LogP contribution in [0.25, 0.3) is 0 Å². The predicted molar refractivity (Wildman–Crippen MR) is 132 cm³/mol. The van der Waals surface area contributed by atoms with Gasteiger partial charge < -0.3 is 22.1 Å². The molecule has 3 aromatic rings. The maximum atomic E-state index is 6.22. The number of nitrogen functional groups attached to an aromatic ring is 2. The van der Waals surface area contributed by atoms with Gasteiger partial charge in [-0.05, 0) is 73.2 Å². The summed E-state index contributed by atoms with van der Waals surface area (Å²) >= 11 is 0. The third-order valence-corrected chi connectivity index (χ3v) is 5.33. The van der Waals surface area contributed by atoms with Crippen LogP contribution in [0, 0.1) is 0 Å². The zero-order chi connectivity index (χ0) is 21.3. The summed E-state index contributed by atoms with van der Waals surface area (Å²) in [5.74, 6) is 0. The summed E-state index contributed by atoms with van der Waals surface area (Å²) in [6.45, 7) is 4.43. The zero-order valence-corrected chi connectivity index (χ0v) is 18.2. The van der Waals surface area contributed by atoms with E-state index in [1.807, 2.05) is 6.07 Å². The highest BCUT2D eigenvalue weighted by atomic mass is 14.9. The number of nitrogens with one attached hydrogen (secondary N) is 2.